The van der Waals surface area contributed by atoms with E-state index in [0.717, 1.165) is 0 Å². The monoisotopic (exact) mass is 399 g/mol. The van der Waals surface area contributed by atoms with Crippen LogP contribution in [0, 0.1) is 11.3 Å². The highest BCUT2D eigenvalue weighted by atomic mass is 35.5. The predicted octanol–water partition coefficient (Wildman–Crippen LogP) is 2.73. The highest BCUT2D eigenvalue weighted by Crippen LogP contribution is 2.29. The summed E-state index contributed by atoms with van der Waals surface area (Å²) in [6.45, 7) is 1.28. The summed E-state index contributed by atoms with van der Waals surface area (Å²) in [5, 5.41) is 14.2. The van der Waals surface area contributed by atoms with Crippen LogP contribution in [0.5, 0.6) is 5.75 Å². The summed E-state index contributed by atoms with van der Waals surface area (Å²) in [7, 11) is 0. The maximum Gasteiger partial charge on any atom is 0.339 e. The van der Waals surface area contributed by atoms with Crippen LogP contribution in [0.25, 0.3) is 0 Å². The lowest BCUT2D eigenvalue weighted by molar-refractivity contribution is -0.123. The van der Waals surface area contributed by atoms with Gasteiger partial charge in [0, 0.05) is 5.69 Å². The molecular weight excluding hydrogens is 386 g/mol. The van der Waals surface area contributed by atoms with Crippen molar-refractivity contribution in [2.75, 3.05) is 17.2 Å². The second-order valence-corrected chi connectivity index (χ2v) is 6.30. The molecule has 8 nitrogen and oxygen atoms in total. The van der Waals surface area contributed by atoms with Crippen LogP contribution in [0.4, 0.5) is 11.4 Å². The molecule has 1 heterocycles. The van der Waals surface area contributed by atoms with Crippen LogP contribution in [-0.4, -0.2) is 30.5 Å². The number of carbonyl (C=O) groups is 3. The SMILES string of the molecule is CC(OC(=O)c1ccc2c(c1)OCC(=O)N2)C(=O)Nc1ccc(C#N)c(Cl)c1. The summed E-state index contributed by atoms with van der Waals surface area (Å²) in [6.07, 6.45) is -1.08. The average Bonchev–Trinajstić information content (AvgIpc) is 2.67. The maximum atomic E-state index is 12.3. The van der Waals surface area contributed by atoms with Gasteiger partial charge in [0.05, 0.1) is 21.8 Å². The number of hydrogen-bond donors (Lipinski definition) is 2. The lowest BCUT2D eigenvalue weighted by Crippen LogP contribution is -2.30. The predicted molar refractivity (Wildman–Crippen MR) is 100 cm³/mol. The zero-order chi connectivity index (χ0) is 20.3. The Morgan fingerprint density at radius 1 is 1.32 bits per heavy atom. The van der Waals surface area contributed by atoms with Crippen molar-refractivity contribution in [3.63, 3.8) is 0 Å². The number of ether oxygens (including phenoxy) is 2. The summed E-state index contributed by atoms with van der Waals surface area (Å²) in [5.74, 6) is -1.21. The minimum atomic E-state index is -1.08. The van der Waals surface area contributed by atoms with E-state index in [9.17, 15) is 14.4 Å². The molecule has 3 rings (SSSR count). The number of nitrogens with one attached hydrogen (secondary N) is 2. The van der Waals surface area contributed by atoms with Crippen molar-refractivity contribution < 1.29 is 23.9 Å². The second-order valence-electron chi connectivity index (χ2n) is 5.89. The lowest BCUT2D eigenvalue weighted by Gasteiger charge is -2.19. The molecule has 0 bridgehead atoms. The molecule has 1 aliphatic heterocycles. The third kappa shape index (κ3) is 4.22. The van der Waals surface area contributed by atoms with Gasteiger partial charge >= 0.3 is 5.97 Å². The molecule has 9 heteroatoms. The topological polar surface area (TPSA) is 118 Å². The number of carbonyl (C=O) groups excluding carboxylic acids is 3. The van der Waals surface area contributed by atoms with Gasteiger partial charge in [-0.05, 0) is 43.3 Å². The normalized spacial score (nSPS) is 13.2. The van der Waals surface area contributed by atoms with Crippen LogP contribution in [0.15, 0.2) is 36.4 Å². The highest BCUT2D eigenvalue weighted by molar-refractivity contribution is 6.32. The molecular formula is C19H14ClN3O5. The molecule has 1 unspecified atom stereocenters. The van der Waals surface area contributed by atoms with E-state index in [2.05, 4.69) is 10.6 Å². The molecule has 142 valence electrons. The van der Waals surface area contributed by atoms with E-state index < -0.39 is 18.0 Å². The third-order valence-electron chi connectivity index (χ3n) is 3.86. The number of rotatable bonds is 4. The Morgan fingerprint density at radius 3 is 2.82 bits per heavy atom. The average molecular weight is 400 g/mol. The van der Waals surface area contributed by atoms with Crippen LogP contribution in [-0.2, 0) is 14.3 Å². The van der Waals surface area contributed by atoms with Crippen molar-refractivity contribution in [1.29, 1.82) is 5.26 Å². The zero-order valence-electron chi connectivity index (χ0n) is 14.6. The van der Waals surface area contributed by atoms with Gasteiger partial charge in [0.1, 0.15) is 11.8 Å². The van der Waals surface area contributed by atoms with Gasteiger partial charge in [-0.3, -0.25) is 9.59 Å². The molecule has 0 radical (unpaired) electrons. The number of esters is 1. The van der Waals surface area contributed by atoms with Gasteiger partial charge in [0.2, 0.25) is 0 Å². The Morgan fingerprint density at radius 2 is 2.11 bits per heavy atom. The van der Waals surface area contributed by atoms with Crippen molar-refractivity contribution in [3.05, 3.63) is 52.5 Å². The molecule has 2 amide bonds. The molecule has 28 heavy (non-hydrogen) atoms. The van der Waals surface area contributed by atoms with Gasteiger partial charge in [-0.1, -0.05) is 11.6 Å². The second kappa shape index (κ2) is 7.98. The largest absolute Gasteiger partial charge is 0.482 e. The number of benzene rings is 2. The number of amides is 2. The molecule has 1 atom stereocenters. The van der Waals surface area contributed by atoms with Crippen LogP contribution in [0.2, 0.25) is 5.02 Å². The van der Waals surface area contributed by atoms with Crippen LogP contribution in [0.3, 0.4) is 0 Å². The molecule has 0 fully saturated rings. The van der Waals surface area contributed by atoms with Gasteiger partial charge < -0.3 is 20.1 Å². The Bertz CT molecular complexity index is 1020. The first-order valence-electron chi connectivity index (χ1n) is 8.15. The van der Waals surface area contributed by atoms with E-state index in [4.69, 9.17) is 26.3 Å². The maximum absolute atomic E-state index is 12.3. The Kier molecular flexibility index (Phi) is 5.47. The van der Waals surface area contributed by atoms with Gasteiger partial charge in [-0.25, -0.2) is 4.79 Å². The Balaban J connectivity index is 1.64. The number of anilines is 2. The van der Waals surface area contributed by atoms with Crippen molar-refractivity contribution in [2.24, 2.45) is 0 Å². The van der Waals surface area contributed by atoms with E-state index >= 15 is 0 Å². The van der Waals surface area contributed by atoms with Crippen molar-refractivity contribution in [2.45, 2.75) is 13.0 Å². The van der Waals surface area contributed by atoms with Crippen LogP contribution < -0.4 is 15.4 Å². The standard InChI is InChI=1S/C19H14ClN3O5/c1-10(18(25)22-13-4-2-12(8-21)14(20)7-13)28-19(26)11-3-5-15-16(6-11)27-9-17(24)23-15/h2-7,10H,9H2,1H3,(H,22,25)(H,23,24). The molecule has 2 aromatic carbocycles. The number of halogens is 1. The number of nitriles is 1. The third-order valence-corrected chi connectivity index (χ3v) is 4.17. The molecule has 2 aromatic rings. The van der Waals surface area contributed by atoms with Gasteiger partial charge in [-0.2, -0.15) is 5.26 Å². The minimum Gasteiger partial charge on any atom is -0.482 e. The highest BCUT2D eigenvalue weighted by Gasteiger charge is 2.22. The van der Waals surface area contributed by atoms with Gasteiger partial charge in [0.25, 0.3) is 11.8 Å². The van der Waals surface area contributed by atoms with Crippen LogP contribution in [0.1, 0.15) is 22.8 Å². The lowest BCUT2D eigenvalue weighted by atomic mass is 10.1. The number of hydrogen-bond acceptors (Lipinski definition) is 6. The summed E-state index contributed by atoms with van der Waals surface area (Å²) in [6, 6.07) is 10.8. The molecule has 2 N–H and O–H groups in total. The fraction of sp³-hybridized carbons (Fsp3) is 0.158. The molecule has 0 saturated carbocycles. The summed E-state index contributed by atoms with van der Waals surface area (Å²) >= 11 is 5.93. The van der Waals surface area contributed by atoms with Crippen molar-refractivity contribution in [3.8, 4) is 11.8 Å². The van der Waals surface area contributed by atoms with E-state index in [-0.39, 0.29) is 28.7 Å². The first-order chi connectivity index (χ1) is 13.4. The van der Waals surface area contributed by atoms with E-state index in [1.165, 1.54) is 43.3 Å². The Hall–Kier alpha value is -3.57. The van der Waals surface area contributed by atoms with E-state index in [1.807, 2.05) is 6.07 Å². The summed E-state index contributed by atoms with van der Waals surface area (Å²) < 4.78 is 10.4. The van der Waals surface area contributed by atoms with Gasteiger partial charge in [0.15, 0.2) is 12.7 Å². The van der Waals surface area contributed by atoms with Crippen LogP contribution >= 0.6 is 11.6 Å². The zero-order valence-corrected chi connectivity index (χ0v) is 15.4. The quantitative estimate of drug-likeness (QED) is 0.763. The first kappa shape index (κ1) is 19.2. The molecule has 0 saturated heterocycles. The van der Waals surface area contributed by atoms with Crippen molar-refractivity contribution in [1.82, 2.24) is 0 Å². The smallest absolute Gasteiger partial charge is 0.339 e. The number of fused-ring (bicyclic) bond motifs is 1. The minimum absolute atomic E-state index is 0.141. The number of nitrogens with zero attached hydrogens (tertiary/aromatic N) is 1. The molecule has 0 aromatic heterocycles. The van der Waals surface area contributed by atoms with E-state index in [1.54, 1.807) is 0 Å². The fourth-order valence-electron chi connectivity index (χ4n) is 2.41. The Labute approximate surface area is 165 Å². The van der Waals surface area contributed by atoms with Crippen molar-refractivity contribution >= 4 is 40.8 Å². The molecule has 1 aliphatic rings. The summed E-state index contributed by atoms with van der Waals surface area (Å²) in [5.41, 5.74) is 1.28. The molecule has 0 spiro atoms. The van der Waals surface area contributed by atoms with E-state index in [0.29, 0.717) is 17.1 Å². The molecule has 0 aliphatic carbocycles. The summed E-state index contributed by atoms with van der Waals surface area (Å²) in [4.78, 5) is 35.8. The van der Waals surface area contributed by atoms with Gasteiger partial charge in [-0.15, -0.1) is 0 Å². The fourth-order valence-corrected chi connectivity index (χ4v) is 2.63. The first-order valence-corrected chi connectivity index (χ1v) is 8.53.